The van der Waals surface area contributed by atoms with Crippen molar-refractivity contribution in [3.05, 3.63) is 23.8 Å². The molecule has 2 fully saturated rings. The van der Waals surface area contributed by atoms with E-state index in [4.69, 9.17) is 9.47 Å². The van der Waals surface area contributed by atoms with Crippen molar-refractivity contribution in [2.24, 2.45) is 29.1 Å². The Labute approximate surface area is 148 Å². The molecule has 0 N–H and O–H groups in total. The number of carbonyl (C=O) groups excluding carboxylic acids is 3. The highest BCUT2D eigenvalue weighted by atomic mass is 16.6. The van der Waals surface area contributed by atoms with E-state index >= 15 is 0 Å². The lowest BCUT2D eigenvalue weighted by Gasteiger charge is -2.40. The van der Waals surface area contributed by atoms with Crippen LogP contribution in [-0.4, -0.2) is 29.9 Å². The van der Waals surface area contributed by atoms with Crippen LogP contribution in [-0.2, 0) is 23.9 Å². The van der Waals surface area contributed by atoms with Crippen molar-refractivity contribution in [1.29, 1.82) is 0 Å². The van der Waals surface area contributed by atoms with Gasteiger partial charge in [-0.1, -0.05) is 26.0 Å². The third-order valence-corrected chi connectivity index (χ3v) is 6.47. The summed E-state index contributed by atoms with van der Waals surface area (Å²) >= 11 is 0. The van der Waals surface area contributed by atoms with Crippen molar-refractivity contribution in [2.75, 3.05) is 0 Å². The van der Waals surface area contributed by atoms with E-state index < -0.39 is 23.4 Å². The predicted octanol–water partition coefficient (Wildman–Crippen LogP) is 2.84. The summed E-state index contributed by atoms with van der Waals surface area (Å²) in [5, 5.41) is 0. The average molecular weight is 346 g/mol. The molecule has 0 radical (unpaired) electrons. The van der Waals surface area contributed by atoms with Crippen molar-refractivity contribution >= 4 is 17.7 Å². The maximum atomic E-state index is 12.8. The highest BCUT2D eigenvalue weighted by molar-refractivity contribution is 5.99. The number of esters is 2. The van der Waals surface area contributed by atoms with Crippen molar-refractivity contribution in [3.8, 4) is 0 Å². The normalized spacial score (nSPS) is 43.3. The molecule has 0 aromatic carbocycles. The van der Waals surface area contributed by atoms with Crippen LogP contribution in [0.4, 0.5) is 0 Å². The molecule has 5 heteroatoms. The SMILES string of the molecule is C/C=C(\C)C(=O)OC1C2C(CC(C)C3C=CC(=O)C31C)OC(=O)C2C. The molecule has 0 spiro atoms. The second kappa shape index (κ2) is 6.11. The second-order valence-electron chi connectivity index (χ2n) is 7.88. The molecule has 7 atom stereocenters. The number of rotatable bonds is 2. The van der Waals surface area contributed by atoms with E-state index in [1.54, 1.807) is 32.9 Å². The van der Waals surface area contributed by atoms with E-state index in [2.05, 4.69) is 6.92 Å². The Morgan fingerprint density at radius 3 is 2.68 bits per heavy atom. The van der Waals surface area contributed by atoms with E-state index in [0.29, 0.717) is 12.0 Å². The molecule has 0 aromatic rings. The molecule has 1 aliphatic heterocycles. The molecule has 0 amide bonds. The van der Waals surface area contributed by atoms with E-state index in [0.717, 1.165) is 0 Å². The van der Waals surface area contributed by atoms with Crippen molar-refractivity contribution in [3.63, 3.8) is 0 Å². The number of allylic oxidation sites excluding steroid dienone is 3. The van der Waals surface area contributed by atoms with Gasteiger partial charge in [0.25, 0.3) is 0 Å². The number of hydrogen-bond donors (Lipinski definition) is 0. The fourth-order valence-corrected chi connectivity index (χ4v) is 4.76. The third kappa shape index (κ3) is 2.55. The molecular formula is C20H26O5. The molecule has 136 valence electrons. The first-order chi connectivity index (χ1) is 11.7. The van der Waals surface area contributed by atoms with Gasteiger partial charge in [0.15, 0.2) is 5.78 Å². The number of ether oxygens (including phenoxy) is 2. The lowest BCUT2D eigenvalue weighted by molar-refractivity contribution is -0.163. The minimum absolute atomic E-state index is 0.0276. The maximum absolute atomic E-state index is 12.8. The fraction of sp³-hybridized carbons (Fsp3) is 0.650. The van der Waals surface area contributed by atoms with Gasteiger partial charge in [0.2, 0.25) is 0 Å². The van der Waals surface area contributed by atoms with Crippen LogP contribution in [0.3, 0.4) is 0 Å². The minimum atomic E-state index is -0.856. The maximum Gasteiger partial charge on any atom is 0.333 e. The van der Waals surface area contributed by atoms with Gasteiger partial charge in [-0.3, -0.25) is 9.59 Å². The summed E-state index contributed by atoms with van der Waals surface area (Å²) < 4.78 is 11.5. The summed E-state index contributed by atoms with van der Waals surface area (Å²) in [6, 6.07) is 0. The van der Waals surface area contributed by atoms with Gasteiger partial charge in [-0.25, -0.2) is 4.79 Å². The van der Waals surface area contributed by atoms with Gasteiger partial charge in [-0.05, 0) is 45.1 Å². The Hall–Kier alpha value is -1.91. The van der Waals surface area contributed by atoms with Crippen molar-refractivity contribution in [1.82, 2.24) is 0 Å². The Morgan fingerprint density at radius 1 is 1.36 bits per heavy atom. The van der Waals surface area contributed by atoms with E-state index in [-0.39, 0.29) is 35.6 Å². The van der Waals surface area contributed by atoms with Crippen molar-refractivity contribution < 1.29 is 23.9 Å². The summed E-state index contributed by atoms with van der Waals surface area (Å²) in [4.78, 5) is 37.5. The summed E-state index contributed by atoms with van der Waals surface area (Å²) in [5.74, 6) is -1.32. The van der Waals surface area contributed by atoms with E-state index in [1.807, 2.05) is 13.0 Å². The van der Waals surface area contributed by atoms with Crippen LogP contribution in [0.1, 0.15) is 41.0 Å². The zero-order valence-electron chi connectivity index (χ0n) is 15.4. The molecule has 1 heterocycles. The third-order valence-electron chi connectivity index (χ3n) is 6.47. The van der Waals surface area contributed by atoms with Gasteiger partial charge >= 0.3 is 11.9 Å². The molecule has 3 aliphatic rings. The largest absolute Gasteiger partial charge is 0.462 e. The topological polar surface area (TPSA) is 69.7 Å². The predicted molar refractivity (Wildman–Crippen MR) is 91.4 cm³/mol. The van der Waals surface area contributed by atoms with Gasteiger partial charge in [0.1, 0.15) is 12.2 Å². The van der Waals surface area contributed by atoms with Crippen LogP contribution in [0.2, 0.25) is 0 Å². The van der Waals surface area contributed by atoms with Gasteiger partial charge in [0, 0.05) is 11.5 Å². The molecule has 5 nitrogen and oxygen atoms in total. The first-order valence-corrected chi connectivity index (χ1v) is 8.98. The Morgan fingerprint density at radius 2 is 2.04 bits per heavy atom. The van der Waals surface area contributed by atoms with Crippen LogP contribution in [0, 0.1) is 29.1 Å². The van der Waals surface area contributed by atoms with Gasteiger partial charge in [-0.2, -0.15) is 0 Å². The lowest BCUT2D eigenvalue weighted by atomic mass is 9.66. The first-order valence-electron chi connectivity index (χ1n) is 8.98. The Balaban J connectivity index is 2.07. The highest BCUT2D eigenvalue weighted by Crippen LogP contribution is 2.54. The lowest BCUT2D eigenvalue weighted by Crippen LogP contribution is -2.50. The smallest absolute Gasteiger partial charge is 0.333 e. The molecule has 1 saturated carbocycles. The highest BCUT2D eigenvalue weighted by Gasteiger charge is 2.62. The van der Waals surface area contributed by atoms with Crippen LogP contribution in [0.5, 0.6) is 0 Å². The van der Waals surface area contributed by atoms with Gasteiger partial charge in [-0.15, -0.1) is 0 Å². The second-order valence-corrected chi connectivity index (χ2v) is 7.88. The molecular weight excluding hydrogens is 320 g/mol. The van der Waals surface area contributed by atoms with Gasteiger partial charge < -0.3 is 9.47 Å². The zero-order valence-corrected chi connectivity index (χ0v) is 15.4. The fourth-order valence-electron chi connectivity index (χ4n) is 4.76. The first kappa shape index (κ1) is 17.9. The zero-order chi connectivity index (χ0) is 18.5. The van der Waals surface area contributed by atoms with E-state index in [1.165, 1.54) is 0 Å². The Kier molecular flexibility index (Phi) is 4.38. The number of fused-ring (bicyclic) bond motifs is 2. The van der Waals surface area contributed by atoms with Crippen LogP contribution in [0.15, 0.2) is 23.8 Å². The molecule has 2 aliphatic carbocycles. The minimum Gasteiger partial charge on any atom is -0.462 e. The molecule has 0 bridgehead atoms. The standard InChI is InChI=1S/C20H26O5/c1-6-10(2)18(22)25-17-16-12(4)19(23)24-14(16)9-11(3)13-7-8-15(21)20(13,17)5/h6-8,11-14,16-17H,9H2,1-5H3/b10-6+. The molecule has 7 unspecified atom stereocenters. The molecule has 1 saturated heterocycles. The Bertz CT molecular complexity index is 676. The average Bonchev–Trinajstić information content (AvgIpc) is 2.99. The van der Waals surface area contributed by atoms with Crippen LogP contribution >= 0.6 is 0 Å². The molecule has 3 rings (SSSR count). The van der Waals surface area contributed by atoms with Crippen LogP contribution in [0.25, 0.3) is 0 Å². The van der Waals surface area contributed by atoms with Crippen molar-refractivity contribution in [2.45, 2.75) is 53.2 Å². The number of carbonyl (C=O) groups is 3. The molecule has 0 aromatic heterocycles. The number of hydrogen-bond acceptors (Lipinski definition) is 5. The summed E-state index contributed by atoms with van der Waals surface area (Å²) in [5.41, 5.74) is -0.365. The van der Waals surface area contributed by atoms with E-state index in [9.17, 15) is 14.4 Å². The monoisotopic (exact) mass is 346 g/mol. The molecule has 25 heavy (non-hydrogen) atoms. The van der Waals surface area contributed by atoms with Crippen LogP contribution < -0.4 is 0 Å². The summed E-state index contributed by atoms with van der Waals surface area (Å²) in [6.07, 6.45) is 4.91. The summed E-state index contributed by atoms with van der Waals surface area (Å²) in [6.45, 7) is 9.20. The quantitative estimate of drug-likeness (QED) is 0.568. The van der Waals surface area contributed by atoms with Gasteiger partial charge in [0.05, 0.1) is 11.3 Å². The summed E-state index contributed by atoms with van der Waals surface area (Å²) in [7, 11) is 0. The number of ketones is 1.